The van der Waals surface area contributed by atoms with Crippen molar-refractivity contribution in [2.45, 2.75) is 37.8 Å². The van der Waals surface area contributed by atoms with Crippen molar-refractivity contribution in [3.63, 3.8) is 0 Å². The smallest absolute Gasteiger partial charge is 0.244 e. The first-order valence-electron chi connectivity index (χ1n) is 7.42. The molecule has 0 radical (unpaired) electrons. The van der Waals surface area contributed by atoms with Gasteiger partial charge in [0, 0.05) is 25.7 Å². The summed E-state index contributed by atoms with van der Waals surface area (Å²) in [4.78, 5) is 6.95. The maximum Gasteiger partial charge on any atom is 0.244 e. The van der Waals surface area contributed by atoms with Crippen LogP contribution in [0.25, 0.3) is 0 Å². The van der Waals surface area contributed by atoms with Gasteiger partial charge in [-0.25, -0.2) is 0 Å². The van der Waals surface area contributed by atoms with Gasteiger partial charge in [-0.15, -0.1) is 5.10 Å². The van der Waals surface area contributed by atoms with Crippen LogP contribution >= 0.6 is 0 Å². The lowest BCUT2D eigenvalue weighted by atomic mass is 9.94. The van der Waals surface area contributed by atoms with Crippen molar-refractivity contribution in [2.24, 2.45) is 5.92 Å². The Morgan fingerprint density at radius 2 is 2.21 bits per heavy atom. The zero-order valence-corrected chi connectivity index (χ0v) is 11.1. The van der Waals surface area contributed by atoms with Crippen LogP contribution in [0, 0.1) is 5.92 Å². The fourth-order valence-corrected chi connectivity index (χ4v) is 3.55. The second-order valence-corrected chi connectivity index (χ2v) is 5.89. The molecular weight excluding hydrogens is 242 g/mol. The van der Waals surface area contributed by atoms with Gasteiger partial charge in [0.05, 0.1) is 0 Å². The highest BCUT2D eigenvalue weighted by Crippen LogP contribution is 2.30. The first-order chi connectivity index (χ1) is 9.40. The summed E-state index contributed by atoms with van der Waals surface area (Å²) < 4.78 is 5.64. The quantitative estimate of drug-likeness (QED) is 0.828. The fourth-order valence-electron chi connectivity index (χ4n) is 3.55. The minimum atomic E-state index is 0.129. The number of piperidine rings is 1. The van der Waals surface area contributed by atoms with E-state index in [1.807, 2.05) is 0 Å². The zero-order chi connectivity index (χ0) is 12.7. The molecule has 1 aromatic heterocycles. The van der Waals surface area contributed by atoms with Gasteiger partial charge in [0.25, 0.3) is 0 Å². The van der Waals surface area contributed by atoms with Crippen LogP contribution in [0.4, 0.5) is 5.95 Å². The van der Waals surface area contributed by atoms with Gasteiger partial charge in [0.1, 0.15) is 6.10 Å². The minimum absolute atomic E-state index is 0.129. The van der Waals surface area contributed by atoms with Crippen LogP contribution in [-0.2, 0) is 4.74 Å². The van der Waals surface area contributed by atoms with Gasteiger partial charge < -0.3 is 15.0 Å². The van der Waals surface area contributed by atoms with Crippen molar-refractivity contribution in [1.82, 2.24) is 20.5 Å². The lowest BCUT2D eigenvalue weighted by Gasteiger charge is -2.24. The summed E-state index contributed by atoms with van der Waals surface area (Å²) in [5, 5.41) is 11.1. The second kappa shape index (κ2) is 4.76. The number of ether oxygens (including phenoxy) is 1. The molecule has 0 bridgehead atoms. The Balaban J connectivity index is 1.47. The number of aromatic nitrogens is 3. The predicted molar refractivity (Wildman–Crippen MR) is 71.0 cm³/mol. The molecule has 0 saturated carbocycles. The molecule has 3 saturated heterocycles. The monoisotopic (exact) mass is 263 g/mol. The number of fused-ring (bicyclic) bond motifs is 1. The van der Waals surface area contributed by atoms with Crippen LogP contribution in [0.5, 0.6) is 0 Å². The highest BCUT2D eigenvalue weighted by atomic mass is 16.5. The summed E-state index contributed by atoms with van der Waals surface area (Å²) >= 11 is 0. The molecule has 104 valence electrons. The number of hydrogen-bond acceptors (Lipinski definition) is 5. The first kappa shape index (κ1) is 11.7. The van der Waals surface area contributed by atoms with Crippen molar-refractivity contribution in [3.8, 4) is 0 Å². The van der Waals surface area contributed by atoms with E-state index in [2.05, 4.69) is 25.4 Å². The Morgan fingerprint density at radius 1 is 1.21 bits per heavy atom. The summed E-state index contributed by atoms with van der Waals surface area (Å²) in [6.45, 7) is 4.12. The lowest BCUT2D eigenvalue weighted by molar-refractivity contribution is 0.105. The van der Waals surface area contributed by atoms with Gasteiger partial charge in [0.2, 0.25) is 5.95 Å². The average molecular weight is 263 g/mol. The first-order valence-corrected chi connectivity index (χ1v) is 7.42. The van der Waals surface area contributed by atoms with Crippen molar-refractivity contribution in [3.05, 3.63) is 5.82 Å². The molecule has 4 heterocycles. The molecule has 6 nitrogen and oxygen atoms in total. The van der Waals surface area contributed by atoms with Gasteiger partial charge in [-0.3, -0.25) is 5.10 Å². The Labute approximate surface area is 112 Å². The normalized spacial score (nSPS) is 34.7. The van der Waals surface area contributed by atoms with Crippen LogP contribution in [0.3, 0.4) is 0 Å². The van der Waals surface area contributed by atoms with E-state index in [1.165, 1.54) is 12.8 Å². The Hall–Kier alpha value is -1.14. The minimum Gasteiger partial charge on any atom is -0.370 e. The molecule has 6 heteroatoms. The highest BCUT2D eigenvalue weighted by molar-refractivity contribution is 5.32. The van der Waals surface area contributed by atoms with Crippen molar-refractivity contribution >= 4 is 5.95 Å². The molecular formula is C13H21N5O. The van der Waals surface area contributed by atoms with E-state index < -0.39 is 0 Å². The molecule has 19 heavy (non-hydrogen) atoms. The van der Waals surface area contributed by atoms with E-state index in [0.29, 0.717) is 6.04 Å². The molecule has 3 aliphatic heterocycles. The van der Waals surface area contributed by atoms with Crippen molar-refractivity contribution in [2.75, 3.05) is 31.1 Å². The topological polar surface area (TPSA) is 66.1 Å². The van der Waals surface area contributed by atoms with Crippen LogP contribution in [0.15, 0.2) is 0 Å². The molecule has 0 spiro atoms. The number of H-pyrrole nitrogens is 1. The third-order valence-electron chi connectivity index (χ3n) is 4.61. The van der Waals surface area contributed by atoms with Gasteiger partial charge >= 0.3 is 0 Å². The second-order valence-electron chi connectivity index (χ2n) is 5.89. The van der Waals surface area contributed by atoms with Gasteiger partial charge in [-0.1, -0.05) is 0 Å². The maximum absolute atomic E-state index is 5.64. The number of nitrogens with one attached hydrogen (secondary N) is 2. The Morgan fingerprint density at radius 3 is 3.05 bits per heavy atom. The highest BCUT2D eigenvalue weighted by Gasteiger charge is 2.36. The van der Waals surface area contributed by atoms with Gasteiger partial charge in [0.15, 0.2) is 5.82 Å². The van der Waals surface area contributed by atoms with E-state index in [0.717, 1.165) is 56.8 Å². The molecule has 3 aliphatic rings. The van der Waals surface area contributed by atoms with E-state index in [4.69, 9.17) is 4.74 Å². The maximum atomic E-state index is 5.64. The third-order valence-corrected chi connectivity index (χ3v) is 4.61. The average Bonchev–Trinajstić information content (AvgIpc) is 3.17. The number of rotatable bonds is 2. The van der Waals surface area contributed by atoms with Crippen molar-refractivity contribution < 1.29 is 4.74 Å². The van der Waals surface area contributed by atoms with Crippen LogP contribution in [0.2, 0.25) is 0 Å². The SMILES string of the molecule is C1COC(c2nc(N3CC4CCCNC4C3)n[nH]2)C1. The van der Waals surface area contributed by atoms with E-state index in [-0.39, 0.29) is 6.10 Å². The predicted octanol–water partition coefficient (Wildman–Crippen LogP) is 0.844. The molecule has 0 amide bonds. The van der Waals surface area contributed by atoms with E-state index >= 15 is 0 Å². The van der Waals surface area contributed by atoms with Crippen LogP contribution in [-0.4, -0.2) is 47.5 Å². The molecule has 3 unspecified atom stereocenters. The molecule has 1 aromatic rings. The molecule has 4 rings (SSSR count). The number of anilines is 1. The van der Waals surface area contributed by atoms with Gasteiger partial charge in [-0.2, -0.15) is 4.98 Å². The zero-order valence-electron chi connectivity index (χ0n) is 11.1. The number of nitrogens with zero attached hydrogens (tertiary/aromatic N) is 3. The summed E-state index contributed by atoms with van der Waals surface area (Å²) in [5.74, 6) is 2.51. The molecule has 3 atom stereocenters. The Kier molecular flexibility index (Phi) is 2.92. The summed E-state index contributed by atoms with van der Waals surface area (Å²) in [7, 11) is 0. The van der Waals surface area contributed by atoms with Crippen LogP contribution in [0.1, 0.15) is 37.6 Å². The van der Waals surface area contributed by atoms with Gasteiger partial charge in [-0.05, 0) is 38.1 Å². The molecule has 0 aromatic carbocycles. The lowest BCUT2D eigenvalue weighted by Crippen LogP contribution is -2.40. The summed E-state index contributed by atoms with van der Waals surface area (Å²) in [6, 6.07) is 0.624. The summed E-state index contributed by atoms with van der Waals surface area (Å²) in [5.41, 5.74) is 0. The Bertz CT molecular complexity index is 428. The fraction of sp³-hybridized carbons (Fsp3) is 0.846. The van der Waals surface area contributed by atoms with E-state index in [1.54, 1.807) is 0 Å². The molecule has 2 N–H and O–H groups in total. The number of aromatic amines is 1. The third kappa shape index (κ3) is 2.12. The standard InChI is InChI=1S/C13H21N5O/c1-3-9-7-18(8-10(9)14-5-1)13-15-12(16-17-13)11-4-2-6-19-11/h9-11,14H,1-8H2,(H,15,16,17). The molecule has 0 aliphatic carbocycles. The largest absolute Gasteiger partial charge is 0.370 e. The van der Waals surface area contributed by atoms with Crippen molar-refractivity contribution in [1.29, 1.82) is 0 Å². The molecule has 3 fully saturated rings. The van der Waals surface area contributed by atoms with Crippen LogP contribution < -0.4 is 10.2 Å². The summed E-state index contributed by atoms with van der Waals surface area (Å²) in [6.07, 6.45) is 4.94. The van der Waals surface area contributed by atoms with E-state index in [9.17, 15) is 0 Å². The number of hydrogen-bond donors (Lipinski definition) is 2.